The van der Waals surface area contributed by atoms with E-state index in [-0.39, 0.29) is 0 Å². The van der Waals surface area contributed by atoms with Crippen LogP contribution in [0.25, 0.3) is 0 Å². The maximum atomic E-state index is 5.32. The maximum absolute atomic E-state index is 5.32. The second-order valence-electron chi connectivity index (χ2n) is 2.70. The van der Waals surface area contributed by atoms with Gasteiger partial charge in [0.05, 0.1) is 0 Å². The Hall–Kier alpha value is -1.05. The van der Waals surface area contributed by atoms with Crippen molar-refractivity contribution in [3.05, 3.63) is 24.0 Å². The quantitative estimate of drug-likeness (QED) is 0.618. The fraction of sp³-hybridized carbons (Fsp3) is 0.444. The SMILES string of the molecule is C=C(N)C=N/C(=C\C)C(C)C. The van der Waals surface area contributed by atoms with E-state index in [1.54, 1.807) is 6.21 Å². The predicted octanol–water partition coefficient (Wildman–Crippen LogP) is 2.09. The molecule has 0 saturated carbocycles. The summed E-state index contributed by atoms with van der Waals surface area (Å²) >= 11 is 0. The van der Waals surface area contributed by atoms with Crippen LogP contribution in [0.3, 0.4) is 0 Å². The summed E-state index contributed by atoms with van der Waals surface area (Å²) in [6.07, 6.45) is 3.56. The Bertz CT molecular complexity index is 188. The first kappa shape index (κ1) is 9.95. The van der Waals surface area contributed by atoms with Crippen molar-refractivity contribution in [2.24, 2.45) is 16.6 Å². The van der Waals surface area contributed by atoms with Gasteiger partial charge in [-0.3, -0.25) is 4.99 Å². The van der Waals surface area contributed by atoms with Gasteiger partial charge >= 0.3 is 0 Å². The standard InChI is InChI=1S/C9H16N2/c1-5-9(7(2)3)11-6-8(4)10/h5-7H,4,10H2,1-3H3/b9-5-,11-6?. The molecule has 2 N–H and O–H groups in total. The van der Waals surface area contributed by atoms with Gasteiger partial charge in [-0.1, -0.05) is 26.5 Å². The van der Waals surface area contributed by atoms with E-state index in [4.69, 9.17) is 5.73 Å². The van der Waals surface area contributed by atoms with Crippen LogP contribution in [0.2, 0.25) is 0 Å². The molecule has 0 rings (SSSR count). The van der Waals surface area contributed by atoms with Crippen molar-refractivity contribution in [2.45, 2.75) is 20.8 Å². The van der Waals surface area contributed by atoms with Gasteiger partial charge < -0.3 is 5.73 Å². The summed E-state index contributed by atoms with van der Waals surface area (Å²) in [6, 6.07) is 0. The van der Waals surface area contributed by atoms with Crippen LogP contribution >= 0.6 is 0 Å². The van der Waals surface area contributed by atoms with Gasteiger partial charge in [0, 0.05) is 17.6 Å². The van der Waals surface area contributed by atoms with Crippen LogP contribution in [-0.2, 0) is 0 Å². The summed E-state index contributed by atoms with van der Waals surface area (Å²) in [6.45, 7) is 9.66. The van der Waals surface area contributed by atoms with E-state index in [1.807, 2.05) is 13.0 Å². The second kappa shape index (κ2) is 4.72. The van der Waals surface area contributed by atoms with Crippen LogP contribution in [0.5, 0.6) is 0 Å². The number of rotatable bonds is 3. The van der Waals surface area contributed by atoms with Gasteiger partial charge in [0.2, 0.25) is 0 Å². The van der Waals surface area contributed by atoms with Gasteiger partial charge in [-0.05, 0) is 12.8 Å². The molecular formula is C9H16N2. The van der Waals surface area contributed by atoms with Crippen molar-refractivity contribution >= 4 is 6.21 Å². The fourth-order valence-electron chi connectivity index (χ4n) is 0.714. The molecule has 2 nitrogen and oxygen atoms in total. The third-order valence-corrected chi connectivity index (χ3v) is 1.27. The largest absolute Gasteiger partial charge is 0.398 e. The molecule has 0 aliphatic heterocycles. The summed E-state index contributed by atoms with van der Waals surface area (Å²) in [5.41, 5.74) is 6.85. The summed E-state index contributed by atoms with van der Waals surface area (Å²) in [7, 11) is 0. The normalized spacial score (nSPS) is 12.9. The van der Waals surface area contributed by atoms with E-state index in [0.717, 1.165) is 5.70 Å². The van der Waals surface area contributed by atoms with Crippen molar-refractivity contribution in [2.75, 3.05) is 0 Å². The Morgan fingerprint density at radius 2 is 2.09 bits per heavy atom. The molecule has 0 unspecified atom stereocenters. The Morgan fingerprint density at radius 3 is 2.36 bits per heavy atom. The second-order valence-corrected chi connectivity index (χ2v) is 2.70. The van der Waals surface area contributed by atoms with E-state index in [9.17, 15) is 0 Å². The zero-order valence-electron chi connectivity index (χ0n) is 7.46. The molecule has 0 aliphatic carbocycles. The minimum atomic E-state index is 0.440. The first-order valence-electron chi connectivity index (χ1n) is 3.72. The number of hydrogen-bond donors (Lipinski definition) is 1. The summed E-state index contributed by atoms with van der Waals surface area (Å²) in [5, 5.41) is 0. The molecule has 0 atom stereocenters. The van der Waals surface area contributed by atoms with Crippen LogP contribution in [0.1, 0.15) is 20.8 Å². The lowest BCUT2D eigenvalue weighted by Gasteiger charge is -2.03. The fourth-order valence-corrected chi connectivity index (χ4v) is 0.714. The Labute approximate surface area is 68.5 Å². The van der Waals surface area contributed by atoms with Gasteiger partial charge in [0.15, 0.2) is 0 Å². The number of allylic oxidation sites excluding steroid dienone is 3. The molecule has 0 aromatic carbocycles. The molecule has 0 aromatic heterocycles. The molecule has 0 aromatic rings. The summed E-state index contributed by atoms with van der Waals surface area (Å²) < 4.78 is 0. The average Bonchev–Trinajstić information content (AvgIpc) is 1.87. The van der Waals surface area contributed by atoms with Crippen LogP contribution in [0.4, 0.5) is 0 Å². The van der Waals surface area contributed by atoms with E-state index in [2.05, 4.69) is 25.4 Å². The number of hydrogen-bond acceptors (Lipinski definition) is 2. The molecule has 11 heavy (non-hydrogen) atoms. The van der Waals surface area contributed by atoms with Gasteiger partial charge in [-0.2, -0.15) is 0 Å². The van der Waals surface area contributed by atoms with Crippen molar-refractivity contribution in [3.63, 3.8) is 0 Å². The Kier molecular flexibility index (Phi) is 4.27. The summed E-state index contributed by atoms with van der Waals surface area (Å²) in [4.78, 5) is 4.15. The van der Waals surface area contributed by atoms with E-state index in [1.165, 1.54) is 0 Å². The molecule has 0 heterocycles. The number of nitrogens with zero attached hydrogens (tertiary/aromatic N) is 1. The van der Waals surface area contributed by atoms with E-state index in [0.29, 0.717) is 11.6 Å². The van der Waals surface area contributed by atoms with E-state index < -0.39 is 0 Å². The van der Waals surface area contributed by atoms with Crippen LogP contribution < -0.4 is 5.73 Å². The van der Waals surface area contributed by atoms with Gasteiger partial charge in [-0.15, -0.1) is 0 Å². The Balaban J connectivity index is 4.22. The monoisotopic (exact) mass is 152 g/mol. The highest BCUT2D eigenvalue weighted by Gasteiger charge is 1.96. The third kappa shape index (κ3) is 4.37. The molecular weight excluding hydrogens is 136 g/mol. The molecule has 2 heteroatoms. The zero-order chi connectivity index (χ0) is 8.85. The lowest BCUT2D eigenvalue weighted by Crippen LogP contribution is -1.97. The van der Waals surface area contributed by atoms with Crippen LogP contribution in [0.15, 0.2) is 29.0 Å². The maximum Gasteiger partial charge on any atom is 0.0494 e. The van der Waals surface area contributed by atoms with Crippen molar-refractivity contribution < 1.29 is 0 Å². The smallest absolute Gasteiger partial charge is 0.0494 e. The van der Waals surface area contributed by atoms with Crippen molar-refractivity contribution in [1.29, 1.82) is 0 Å². The zero-order valence-corrected chi connectivity index (χ0v) is 7.46. The summed E-state index contributed by atoms with van der Waals surface area (Å²) in [5.74, 6) is 0.440. The predicted molar refractivity (Wildman–Crippen MR) is 50.4 cm³/mol. The topological polar surface area (TPSA) is 38.4 Å². The molecule has 0 bridgehead atoms. The van der Waals surface area contributed by atoms with Gasteiger partial charge in [0.25, 0.3) is 0 Å². The highest BCUT2D eigenvalue weighted by Crippen LogP contribution is 2.09. The number of aliphatic imine (C=N–C) groups is 1. The Morgan fingerprint density at radius 1 is 1.55 bits per heavy atom. The average molecular weight is 152 g/mol. The van der Waals surface area contributed by atoms with Gasteiger partial charge in [-0.25, -0.2) is 0 Å². The molecule has 0 saturated heterocycles. The first-order chi connectivity index (χ1) is 5.07. The minimum Gasteiger partial charge on any atom is -0.398 e. The van der Waals surface area contributed by atoms with E-state index >= 15 is 0 Å². The van der Waals surface area contributed by atoms with Crippen LogP contribution in [-0.4, -0.2) is 6.21 Å². The minimum absolute atomic E-state index is 0.440. The molecule has 0 aliphatic rings. The molecule has 0 fully saturated rings. The first-order valence-corrected chi connectivity index (χ1v) is 3.72. The van der Waals surface area contributed by atoms with Gasteiger partial charge in [0.1, 0.15) is 0 Å². The van der Waals surface area contributed by atoms with Crippen molar-refractivity contribution in [1.82, 2.24) is 0 Å². The van der Waals surface area contributed by atoms with Crippen molar-refractivity contribution in [3.8, 4) is 0 Å². The molecule has 0 radical (unpaired) electrons. The third-order valence-electron chi connectivity index (χ3n) is 1.27. The molecule has 0 amide bonds. The lowest BCUT2D eigenvalue weighted by atomic mass is 10.1. The lowest BCUT2D eigenvalue weighted by molar-refractivity contribution is 0.757. The highest BCUT2D eigenvalue weighted by molar-refractivity contribution is 5.77. The number of nitrogens with two attached hydrogens (primary N) is 1. The van der Waals surface area contributed by atoms with Crippen LogP contribution in [0, 0.1) is 5.92 Å². The highest BCUT2D eigenvalue weighted by atomic mass is 14.8. The molecule has 62 valence electrons. The molecule has 0 spiro atoms.